The Balaban J connectivity index is 0.00000169. The molecule has 0 aliphatic carbocycles. The van der Waals surface area contributed by atoms with E-state index in [1.165, 1.54) is 13.0 Å². The van der Waals surface area contributed by atoms with Crippen LogP contribution in [0.15, 0.2) is 17.0 Å². The van der Waals surface area contributed by atoms with Crippen LogP contribution in [0.25, 0.3) is 0 Å². The van der Waals surface area contributed by atoms with Crippen LogP contribution in [0, 0.1) is 6.92 Å². The van der Waals surface area contributed by atoms with Gasteiger partial charge in [0.2, 0.25) is 0 Å². The van der Waals surface area contributed by atoms with Gasteiger partial charge < -0.3 is 4.55 Å². The van der Waals surface area contributed by atoms with E-state index in [9.17, 15) is 13.0 Å². The van der Waals surface area contributed by atoms with Gasteiger partial charge in [0.1, 0.15) is 10.1 Å². The first-order chi connectivity index (χ1) is 5.82. The molecular weight excluding hydrogens is 258 g/mol. The molecule has 0 atom stereocenters. The van der Waals surface area contributed by atoms with E-state index >= 15 is 0 Å². The molecule has 0 bridgehead atoms. The molecule has 0 amide bonds. The summed E-state index contributed by atoms with van der Waals surface area (Å²) >= 11 is 11.2. The molecule has 0 saturated carbocycles. The molecule has 3 nitrogen and oxygen atoms in total. The molecule has 1 aromatic carbocycles. The summed E-state index contributed by atoms with van der Waals surface area (Å²) in [4.78, 5) is -0.370. The first-order valence-corrected chi connectivity index (χ1v) is 5.40. The third kappa shape index (κ3) is 3.38. The van der Waals surface area contributed by atoms with Crippen molar-refractivity contribution in [2.24, 2.45) is 0 Å². The van der Waals surface area contributed by atoms with Gasteiger partial charge in [-0.3, -0.25) is 0 Å². The van der Waals surface area contributed by atoms with Crippen LogP contribution in [0.3, 0.4) is 0 Å². The van der Waals surface area contributed by atoms with Crippen LogP contribution in [-0.2, 0) is 10.1 Å². The van der Waals surface area contributed by atoms with Crippen LogP contribution in [0.2, 0.25) is 10.0 Å². The predicted octanol–water partition coefficient (Wildman–Crippen LogP) is -0.790. The Kier molecular flexibility index (Phi) is 5.43. The molecule has 72 valence electrons. The quantitative estimate of drug-likeness (QED) is 0.493. The second-order valence-electron chi connectivity index (χ2n) is 2.46. The van der Waals surface area contributed by atoms with E-state index in [1.54, 1.807) is 0 Å². The van der Waals surface area contributed by atoms with Gasteiger partial charge in [0.15, 0.2) is 0 Å². The Morgan fingerprint density at radius 3 is 2.21 bits per heavy atom. The molecule has 0 aliphatic heterocycles. The fraction of sp³-hybridized carbons (Fsp3) is 0.143. The van der Waals surface area contributed by atoms with Gasteiger partial charge in [-0.2, -0.15) is 0 Å². The second kappa shape index (κ2) is 5.16. The third-order valence-electron chi connectivity index (χ3n) is 1.53. The molecule has 0 radical (unpaired) electrons. The summed E-state index contributed by atoms with van der Waals surface area (Å²) in [5, 5.41) is 0.298. The normalized spacial score (nSPS) is 10.9. The van der Waals surface area contributed by atoms with E-state index in [0.717, 1.165) is 6.07 Å². The zero-order valence-electron chi connectivity index (χ0n) is 7.54. The summed E-state index contributed by atoms with van der Waals surface area (Å²) in [6.07, 6.45) is 0. The monoisotopic (exact) mass is 262 g/mol. The van der Waals surface area contributed by atoms with Gasteiger partial charge in [-0.1, -0.05) is 23.2 Å². The van der Waals surface area contributed by atoms with E-state index in [-0.39, 0.29) is 50.1 Å². The van der Waals surface area contributed by atoms with Crippen LogP contribution in [0.1, 0.15) is 5.56 Å². The molecule has 1 aromatic rings. The summed E-state index contributed by atoms with van der Waals surface area (Å²) in [6, 6.07) is 2.47. The number of halogens is 2. The molecule has 0 heterocycles. The van der Waals surface area contributed by atoms with E-state index in [2.05, 4.69) is 0 Å². The van der Waals surface area contributed by atoms with Gasteiger partial charge in [-0.05, 0) is 24.6 Å². The maximum Gasteiger partial charge on any atom is 1.00 e. The predicted molar refractivity (Wildman–Crippen MR) is 49.2 cm³/mol. The molecule has 0 saturated heterocycles. The molecule has 0 aliphatic rings. The van der Waals surface area contributed by atoms with Crippen molar-refractivity contribution in [3.8, 4) is 0 Å². The standard InChI is InChI=1S/C7H6Cl2O3S.Na/c1-4-6(9)2-5(8)3-7(4)13(10,11)12;/h2-3H,1H3,(H,10,11,12);/q;+1/p-1. The van der Waals surface area contributed by atoms with Crippen molar-refractivity contribution in [1.29, 1.82) is 0 Å². The summed E-state index contributed by atoms with van der Waals surface area (Å²) in [5.41, 5.74) is 0.223. The molecule has 0 aromatic heterocycles. The zero-order valence-corrected chi connectivity index (χ0v) is 11.9. The Morgan fingerprint density at radius 1 is 1.29 bits per heavy atom. The largest absolute Gasteiger partial charge is 1.00 e. The Hall–Kier alpha value is 0.710. The minimum atomic E-state index is -4.50. The van der Waals surface area contributed by atoms with Crippen LogP contribution in [0.4, 0.5) is 0 Å². The molecule has 0 unspecified atom stereocenters. The number of rotatable bonds is 1. The van der Waals surface area contributed by atoms with E-state index in [1.807, 2.05) is 0 Å². The topological polar surface area (TPSA) is 57.2 Å². The van der Waals surface area contributed by atoms with Crippen molar-refractivity contribution < 1.29 is 42.5 Å². The maximum absolute atomic E-state index is 10.7. The molecule has 1 rings (SSSR count). The summed E-state index contributed by atoms with van der Waals surface area (Å²) in [5.74, 6) is 0. The SMILES string of the molecule is Cc1c(Cl)cc(Cl)cc1S(=O)(=O)[O-].[Na+]. The third-order valence-corrected chi connectivity index (χ3v) is 3.10. The second-order valence-corrected chi connectivity index (χ2v) is 4.66. The van der Waals surface area contributed by atoms with Gasteiger partial charge in [-0.25, -0.2) is 8.42 Å². The van der Waals surface area contributed by atoms with Crippen molar-refractivity contribution in [3.05, 3.63) is 27.7 Å². The smallest absolute Gasteiger partial charge is 0.744 e. The average molecular weight is 263 g/mol. The van der Waals surface area contributed by atoms with E-state index in [0.29, 0.717) is 0 Å². The summed E-state index contributed by atoms with van der Waals surface area (Å²) in [6.45, 7) is 1.45. The number of hydrogen-bond acceptors (Lipinski definition) is 3. The molecule has 14 heavy (non-hydrogen) atoms. The Bertz CT molecular complexity index is 444. The zero-order chi connectivity index (χ0) is 10.2. The fourth-order valence-corrected chi connectivity index (χ4v) is 2.25. The van der Waals surface area contributed by atoms with Crippen LogP contribution in [-0.4, -0.2) is 13.0 Å². The van der Waals surface area contributed by atoms with Crippen molar-refractivity contribution in [2.75, 3.05) is 0 Å². The van der Waals surface area contributed by atoms with Crippen molar-refractivity contribution in [1.82, 2.24) is 0 Å². The van der Waals surface area contributed by atoms with Crippen LogP contribution < -0.4 is 29.6 Å². The maximum atomic E-state index is 10.7. The molecule has 7 heteroatoms. The summed E-state index contributed by atoms with van der Waals surface area (Å²) < 4.78 is 32.1. The van der Waals surface area contributed by atoms with Crippen molar-refractivity contribution >= 4 is 33.3 Å². The van der Waals surface area contributed by atoms with Crippen molar-refractivity contribution in [2.45, 2.75) is 11.8 Å². The number of benzene rings is 1. The minimum absolute atomic E-state index is 0. The van der Waals surface area contributed by atoms with Crippen molar-refractivity contribution in [3.63, 3.8) is 0 Å². The Morgan fingerprint density at radius 2 is 1.79 bits per heavy atom. The summed E-state index contributed by atoms with van der Waals surface area (Å²) in [7, 11) is -4.50. The first kappa shape index (κ1) is 14.7. The van der Waals surface area contributed by atoms with E-state index in [4.69, 9.17) is 23.2 Å². The van der Waals surface area contributed by atoms with Gasteiger partial charge in [0, 0.05) is 10.0 Å². The van der Waals surface area contributed by atoms with Gasteiger partial charge in [0.25, 0.3) is 0 Å². The minimum Gasteiger partial charge on any atom is -0.744 e. The number of hydrogen-bond donors (Lipinski definition) is 0. The molecular formula is C7H5Cl2NaO3S. The average Bonchev–Trinajstić information content (AvgIpc) is 1.94. The fourth-order valence-electron chi connectivity index (χ4n) is 0.882. The Labute approximate surface area is 114 Å². The van der Waals surface area contributed by atoms with Gasteiger partial charge in [-0.15, -0.1) is 0 Å². The van der Waals surface area contributed by atoms with Crippen LogP contribution in [0.5, 0.6) is 0 Å². The van der Waals surface area contributed by atoms with Gasteiger partial charge >= 0.3 is 29.6 Å². The van der Waals surface area contributed by atoms with E-state index < -0.39 is 10.1 Å². The molecule has 0 fully saturated rings. The molecule has 0 N–H and O–H groups in total. The molecule has 0 spiro atoms. The van der Waals surface area contributed by atoms with Crippen LogP contribution >= 0.6 is 23.2 Å². The first-order valence-electron chi connectivity index (χ1n) is 3.24. The van der Waals surface area contributed by atoms with Gasteiger partial charge in [0.05, 0.1) is 4.90 Å².